The minimum Gasteiger partial charge on any atom is -0.325 e. The second kappa shape index (κ2) is 4.39. The van der Waals surface area contributed by atoms with Crippen LogP contribution in [0.4, 0.5) is 5.69 Å². The van der Waals surface area contributed by atoms with E-state index in [1.807, 2.05) is 49.4 Å². The largest absolute Gasteiger partial charge is 0.325 e. The first-order valence-corrected chi connectivity index (χ1v) is 6.73. The van der Waals surface area contributed by atoms with Gasteiger partial charge in [0.1, 0.15) is 5.41 Å². The summed E-state index contributed by atoms with van der Waals surface area (Å²) in [5.74, 6) is 0.0264. The summed E-state index contributed by atoms with van der Waals surface area (Å²) >= 11 is 6.10. The van der Waals surface area contributed by atoms with Gasteiger partial charge in [-0.25, -0.2) is 0 Å². The van der Waals surface area contributed by atoms with E-state index in [9.17, 15) is 4.79 Å². The fourth-order valence-electron chi connectivity index (χ4n) is 2.89. The number of carbonyl (C=O) groups excluding carboxylic acids is 1. The predicted octanol–water partition coefficient (Wildman–Crippen LogP) is 3.99. The number of nitrogens with one attached hydrogen (secondary N) is 1. The first kappa shape index (κ1) is 12.2. The van der Waals surface area contributed by atoms with E-state index in [4.69, 9.17) is 11.6 Å². The lowest BCUT2D eigenvalue weighted by Gasteiger charge is -2.26. The zero-order chi connectivity index (χ0) is 13.5. The Hall–Kier alpha value is -1.80. The van der Waals surface area contributed by atoms with Gasteiger partial charge >= 0.3 is 0 Å². The standard InChI is InChI=1S/C16H14ClNO/c1-2-16(11-6-4-3-5-7-11)13-10-12(17)8-9-14(13)18-15(16)19/h3-10H,2H2,1H3,(H,18,19)/t16-/m0/s1. The van der Waals surface area contributed by atoms with Crippen LogP contribution in [0.15, 0.2) is 48.5 Å². The summed E-state index contributed by atoms with van der Waals surface area (Å²) in [5.41, 5.74) is 2.22. The van der Waals surface area contributed by atoms with Crippen molar-refractivity contribution in [2.45, 2.75) is 18.8 Å². The fourth-order valence-corrected chi connectivity index (χ4v) is 3.07. The number of fused-ring (bicyclic) bond motifs is 1. The van der Waals surface area contributed by atoms with Crippen LogP contribution in [0.25, 0.3) is 0 Å². The molecule has 0 radical (unpaired) electrons. The molecule has 1 aliphatic heterocycles. The molecule has 3 rings (SSSR count). The molecule has 1 aliphatic rings. The number of hydrogen-bond acceptors (Lipinski definition) is 1. The molecular formula is C16H14ClNO. The summed E-state index contributed by atoms with van der Waals surface area (Å²) in [6.07, 6.45) is 0.705. The Morgan fingerprint density at radius 2 is 1.89 bits per heavy atom. The smallest absolute Gasteiger partial charge is 0.239 e. The third-order valence-corrected chi connectivity index (χ3v) is 4.11. The van der Waals surface area contributed by atoms with Crippen molar-refractivity contribution in [1.82, 2.24) is 0 Å². The zero-order valence-electron chi connectivity index (χ0n) is 10.6. The van der Waals surface area contributed by atoms with Crippen LogP contribution >= 0.6 is 11.6 Å². The van der Waals surface area contributed by atoms with Gasteiger partial charge in [-0.2, -0.15) is 0 Å². The number of halogens is 1. The minimum atomic E-state index is -0.624. The van der Waals surface area contributed by atoms with E-state index in [0.717, 1.165) is 16.8 Å². The van der Waals surface area contributed by atoms with E-state index >= 15 is 0 Å². The maximum Gasteiger partial charge on any atom is 0.239 e. The summed E-state index contributed by atoms with van der Waals surface area (Å²) in [5, 5.41) is 3.62. The van der Waals surface area contributed by atoms with Gasteiger partial charge in [0.2, 0.25) is 5.91 Å². The first-order chi connectivity index (χ1) is 9.18. The van der Waals surface area contributed by atoms with Crippen LogP contribution in [0.3, 0.4) is 0 Å². The maximum absolute atomic E-state index is 12.5. The van der Waals surface area contributed by atoms with Crippen LogP contribution in [0.1, 0.15) is 24.5 Å². The molecule has 0 unspecified atom stereocenters. The molecule has 1 N–H and O–H groups in total. The second-order valence-electron chi connectivity index (χ2n) is 4.77. The van der Waals surface area contributed by atoms with Gasteiger partial charge in [-0.3, -0.25) is 4.79 Å². The topological polar surface area (TPSA) is 29.1 Å². The average Bonchev–Trinajstić information content (AvgIpc) is 2.72. The molecule has 0 saturated heterocycles. The van der Waals surface area contributed by atoms with Gasteiger partial charge in [0, 0.05) is 10.7 Å². The molecule has 19 heavy (non-hydrogen) atoms. The lowest BCUT2D eigenvalue weighted by atomic mass is 9.73. The Balaban J connectivity index is 2.28. The Morgan fingerprint density at radius 3 is 2.58 bits per heavy atom. The van der Waals surface area contributed by atoms with Crippen LogP contribution in [0.2, 0.25) is 5.02 Å². The summed E-state index contributed by atoms with van der Waals surface area (Å²) in [7, 11) is 0. The van der Waals surface area contributed by atoms with Crippen LogP contribution < -0.4 is 5.32 Å². The molecule has 0 aliphatic carbocycles. The van der Waals surface area contributed by atoms with Crippen molar-refractivity contribution in [3.05, 3.63) is 64.7 Å². The molecule has 2 aromatic carbocycles. The second-order valence-corrected chi connectivity index (χ2v) is 5.21. The van der Waals surface area contributed by atoms with Crippen molar-refractivity contribution in [2.24, 2.45) is 0 Å². The molecular weight excluding hydrogens is 258 g/mol. The van der Waals surface area contributed by atoms with Crippen LogP contribution in [-0.4, -0.2) is 5.91 Å². The first-order valence-electron chi connectivity index (χ1n) is 6.35. The van der Waals surface area contributed by atoms with Gasteiger partial charge in [0.05, 0.1) is 0 Å². The molecule has 0 bridgehead atoms. The van der Waals surface area contributed by atoms with E-state index in [-0.39, 0.29) is 5.91 Å². The van der Waals surface area contributed by atoms with Gasteiger partial charge in [0.15, 0.2) is 0 Å². The number of anilines is 1. The van der Waals surface area contributed by atoms with E-state index < -0.39 is 5.41 Å². The number of amides is 1. The third kappa shape index (κ3) is 1.67. The number of benzene rings is 2. The van der Waals surface area contributed by atoms with Crippen molar-refractivity contribution in [3.63, 3.8) is 0 Å². The summed E-state index contributed by atoms with van der Waals surface area (Å²) in [6, 6.07) is 15.4. The molecule has 96 valence electrons. The quantitative estimate of drug-likeness (QED) is 0.879. The highest BCUT2D eigenvalue weighted by Crippen LogP contribution is 2.45. The normalized spacial score (nSPS) is 21.1. The summed E-state index contributed by atoms with van der Waals surface area (Å²) in [6.45, 7) is 2.03. The lowest BCUT2D eigenvalue weighted by molar-refractivity contribution is -0.119. The van der Waals surface area contributed by atoms with Crippen molar-refractivity contribution in [3.8, 4) is 0 Å². The predicted molar refractivity (Wildman–Crippen MR) is 77.6 cm³/mol. The minimum absolute atomic E-state index is 0.0264. The molecule has 2 aromatic rings. The highest BCUT2D eigenvalue weighted by atomic mass is 35.5. The molecule has 1 amide bonds. The van der Waals surface area contributed by atoms with Crippen LogP contribution in [0, 0.1) is 0 Å². The van der Waals surface area contributed by atoms with Gasteiger partial charge in [-0.1, -0.05) is 48.9 Å². The van der Waals surface area contributed by atoms with Gasteiger partial charge in [-0.15, -0.1) is 0 Å². The van der Waals surface area contributed by atoms with Crippen LogP contribution in [-0.2, 0) is 10.2 Å². The Bertz CT molecular complexity index is 638. The monoisotopic (exact) mass is 271 g/mol. The van der Waals surface area contributed by atoms with E-state index in [1.54, 1.807) is 6.07 Å². The Morgan fingerprint density at radius 1 is 1.16 bits per heavy atom. The molecule has 2 nitrogen and oxygen atoms in total. The highest BCUT2D eigenvalue weighted by Gasteiger charge is 2.46. The molecule has 3 heteroatoms. The van der Waals surface area contributed by atoms with Crippen molar-refractivity contribution >= 4 is 23.2 Å². The Kier molecular flexibility index (Phi) is 2.83. The van der Waals surface area contributed by atoms with E-state index in [1.165, 1.54) is 0 Å². The van der Waals surface area contributed by atoms with Crippen molar-refractivity contribution in [2.75, 3.05) is 5.32 Å². The SMILES string of the molecule is CC[C@@]1(c2ccccc2)C(=O)Nc2ccc(Cl)cc21. The van der Waals surface area contributed by atoms with Crippen LogP contribution in [0.5, 0.6) is 0 Å². The average molecular weight is 272 g/mol. The Labute approximate surface area is 117 Å². The van der Waals surface area contributed by atoms with Gasteiger partial charge in [0.25, 0.3) is 0 Å². The van der Waals surface area contributed by atoms with E-state index in [2.05, 4.69) is 5.32 Å². The molecule has 0 saturated carbocycles. The molecule has 1 heterocycles. The highest BCUT2D eigenvalue weighted by molar-refractivity contribution is 6.31. The van der Waals surface area contributed by atoms with Crippen molar-refractivity contribution in [1.29, 1.82) is 0 Å². The van der Waals surface area contributed by atoms with E-state index in [0.29, 0.717) is 11.4 Å². The molecule has 1 atom stereocenters. The van der Waals surface area contributed by atoms with Gasteiger partial charge < -0.3 is 5.32 Å². The maximum atomic E-state index is 12.5. The molecule has 0 aromatic heterocycles. The number of rotatable bonds is 2. The van der Waals surface area contributed by atoms with Gasteiger partial charge in [-0.05, 0) is 35.7 Å². The summed E-state index contributed by atoms with van der Waals surface area (Å²) in [4.78, 5) is 12.5. The zero-order valence-corrected chi connectivity index (χ0v) is 11.4. The third-order valence-electron chi connectivity index (χ3n) is 3.87. The number of carbonyl (C=O) groups is 1. The summed E-state index contributed by atoms with van der Waals surface area (Å²) < 4.78 is 0. The molecule has 0 fully saturated rings. The van der Waals surface area contributed by atoms with Crippen molar-refractivity contribution < 1.29 is 4.79 Å². The lowest BCUT2D eigenvalue weighted by Crippen LogP contribution is -2.34. The fraction of sp³-hybridized carbons (Fsp3) is 0.188. The molecule has 0 spiro atoms. The number of hydrogen-bond donors (Lipinski definition) is 1.